The van der Waals surface area contributed by atoms with Crippen LogP contribution in [0.4, 0.5) is 0 Å². The maximum absolute atomic E-state index is 13.5. The van der Waals surface area contributed by atoms with Crippen molar-refractivity contribution < 1.29 is 23.9 Å². The molecule has 0 bridgehead atoms. The zero-order valence-electron chi connectivity index (χ0n) is 29.3. The number of fused-ring (bicyclic) bond motifs is 7. The smallest absolute Gasteiger partial charge is 0.305 e. The number of hydrogen-bond donors (Lipinski definition) is 1. The van der Waals surface area contributed by atoms with E-state index < -0.39 is 5.54 Å². The van der Waals surface area contributed by atoms with E-state index in [1.165, 1.54) is 39.7 Å². The molecule has 0 aromatic rings. The van der Waals surface area contributed by atoms with Crippen molar-refractivity contribution in [3.05, 3.63) is 11.6 Å². The molecule has 0 spiro atoms. The van der Waals surface area contributed by atoms with Crippen molar-refractivity contribution in [3.63, 3.8) is 0 Å². The van der Waals surface area contributed by atoms with Gasteiger partial charge in [0.05, 0.1) is 12.6 Å². The van der Waals surface area contributed by atoms with E-state index in [1.54, 1.807) is 5.57 Å². The number of amides is 1. The van der Waals surface area contributed by atoms with Gasteiger partial charge in [-0.2, -0.15) is 0 Å². The Bertz CT molecular complexity index is 1180. The van der Waals surface area contributed by atoms with Crippen molar-refractivity contribution in [2.24, 2.45) is 51.2 Å². The first-order chi connectivity index (χ1) is 20.6. The summed E-state index contributed by atoms with van der Waals surface area (Å²) < 4.78 is 10.8. The number of allylic oxidation sites excluding steroid dienone is 2. The molecule has 248 valence electrons. The average Bonchev–Trinajstić information content (AvgIpc) is 2.95. The highest BCUT2D eigenvalue weighted by Gasteiger charge is 2.69. The zero-order chi connectivity index (χ0) is 32.3. The highest BCUT2D eigenvalue weighted by atomic mass is 16.5. The molecule has 0 aromatic heterocycles. The molecule has 1 amide bonds. The van der Waals surface area contributed by atoms with Crippen LogP contribution in [0.3, 0.4) is 0 Å². The molecule has 1 N–H and O–H groups in total. The SMILES string of the molecule is COC(=O)CCCCC(=O)N[C@]1(C)[C@@H]2CC[C@]3(C)[C@H](CC=C4[C@@H]5[C@@H](C)[C@H](C)CC[C@]5(C)CC[C@]43C)[C@@]2(C)CC[C@H]1OC(C)=O. The first-order valence-corrected chi connectivity index (χ1v) is 17.8. The number of unbranched alkanes of at least 4 members (excludes halogenated alkanes) is 1. The fourth-order valence-corrected chi connectivity index (χ4v) is 12.1. The number of esters is 2. The fourth-order valence-electron chi connectivity index (χ4n) is 12.1. The van der Waals surface area contributed by atoms with Crippen molar-refractivity contribution in [3.8, 4) is 0 Å². The summed E-state index contributed by atoms with van der Waals surface area (Å²) in [5.74, 6) is 2.36. The van der Waals surface area contributed by atoms with E-state index in [9.17, 15) is 14.4 Å². The van der Waals surface area contributed by atoms with Crippen LogP contribution in [0.25, 0.3) is 0 Å². The Balaban J connectivity index is 1.44. The molecule has 11 atom stereocenters. The number of carbonyl (C=O) groups is 3. The van der Waals surface area contributed by atoms with Gasteiger partial charge in [0.15, 0.2) is 0 Å². The van der Waals surface area contributed by atoms with Crippen LogP contribution >= 0.6 is 0 Å². The standard InChI is InChI=1S/C38H61NO5/c1-24-16-19-34(4)22-23-36(6)27(33(34)25(24)2)14-15-28-35(5)20-18-30(44-26(3)40)38(8,29(35)17-21-37(28,36)7)39-31(41)12-10-11-13-32(42)43-9/h14,24-25,28-30,33H,10-13,15-23H2,1-9H3,(H,39,41)/t24-,25+,28-,29-,30-,33+,34-,35-,36-,37-,38-/m1/s1. The Labute approximate surface area is 267 Å². The first kappa shape index (κ1) is 33.5. The molecule has 44 heavy (non-hydrogen) atoms. The molecule has 4 fully saturated rings. The maximum Gasteiger partial charge on any atom is 0.305 e. The fraction of sp³-hybridized carbons (Fsp3) is 0.868. The summed E-state index contributed by atoms with van der Waals surface area (Å²) in [6, 6.07) is 0. The molecule has 5 rings (SSSR count). The Kier molecular flexibility index (Phi) is 8.95. The highest BCUT2D eigenvalue weighted by molar-refractivity contribution is 5.77. The average molecular weight is 612 g/mol. The lowest BCUT2D eigenvalue weighted by Crippen LogP contribution is -2.71. The summed E-state index contributed by atoms with van der Waals surface area (Å²) >= 11 is 0. The molecule has 0 radical (unpaired) electrons. The largest absolute Gasteiger partial charge is 0.469 e. The van der Waals surface area contributed by atoms with Gasteiger partial charge in [0.2, 0.25) is 5.91 Å². The Morgan fingerprint density at radius 2 is 1.59 bits per heavy atom. The summed E-state index contributed by atoms with van der Waals surface area (Å²) in [6.07, 6.45) is 14.6. The van der Waals surface area contributed by atoms with E-state index in [1.807, 2.05) is 0 Å². The lowest BCUT2D eigenvalue weighted by atomic mass is 9.34. The molecular formula is C38H61NO5. The Morgan fingerprint density at radius 1 is 0.886 bits per heavy atom. The summed E-state index contributed by atoms with van der Waals surface area (Å²) in [5, 5.41) is 3.46. The molecule has 6 nitrogen and oxygen atoms in total. The number of carbonyl (C=O) groups excluding carboxylic acids is 3. The van der Waals surface area contributed by atoms with Gasteiger partial charge in [-0.05, 0) is 129 Å². The van der Waals surface area contributed by atoms with Gasteiger partial charge in [0.25, 0.3) is 0 Å². The van der Waals surface area contributed by atoms with E-state index in [4.69, 9.17) is 9.47 Å². The van der Waals surface area contributed by atoms with Gasteiger partial charge in [-0.25, -0.2) is 0 Å². The van der Waals surface area contributed by atoms with Crippen molar-refractivity contribution in [1.29, 1.82) is 0 Å². The second-order valence-corrected chi connectivity index (χ2v) is 17.1. The van der Waals surface area contributed by atoms with Crippen LogP contribution in [0.2, 0.25) is 0 Å². The van der Waals surface area contributed by atoms with E-state index in [2.05, 4.69) is 59.9 Å². The van der Waals surface area contributed by atoms with Gasteiger partial charge in [0.1, 0.15) is 6.10 Å². The highest BCUT2D eigenvalue weighted by Crippen LogP contribution is 2.75. The molecular weight excluding hydrogens is 550 g/mol. The third-order valence-corrected chi connectivity index (χ3v) is 15.0. The monoisotopic (exact) mass is 611 g/mol. The Hall–Kier alpha value is -1.85. The minimum Gasteiger partial charge on any atom is -0.469 e. The lowest BCUT2D eigenvalue weighted by Gasteiger charge is -2.71. The van der Waals surface area contributed by atoms with Crippen molar-refractivity contribution in [2.75, 3.05) is 7.11 Å². The van der Waals surface area contributed by atoms with Crippen LogP contribution in [-0.2, 0) is 23.9 Å². The van der Waals surface area contributed by atoms with Gasteiger partial charge in [-0.1, -0.05) is 53.2 Å². The summed E-state index contributed by atoms with van der Waals surface area (Å²) in [7, 11) is 1.39. The van der Waals surface area contributed by atoms with E-state index in [0.29, 0.717) is 42.9 Å². The van der Waals surface area contributed by atoms with Gasteiger partial charge in [0, 0.05) is 19.8 Å². The third kappa shape index (κ3) is 5.17. The number of hydrogen-bond acceptors (Lipinski definition) is 5. The van der Waals surface area contributed by atoms with E-state index in [0.717, 1.165) is 43.9 Å². The summed E-state index contributed by atoms with van der Waals surface area (Å²) in [5.41, 5.74) is 1.96. The van der Waals surface area contributed by atoms with Crippen LogP contribution in [0.5, 0.6) is 0 Å². The third-order valence-electron chi connectivity index (χ3n) is 15.0. The minimum absolute atomic E-state index is 0.0168. The van der Waals surface area contributed by atoms with E-state index >= 15 is 0 Å². The second kappa shape index (κ2) is 11.7. The summed E-state index contributed by atoms with van der Waals surface area (Å²) in [6.45, 7) is 19.0. The molecule has 6 heteroatoms. The Morgan fingerprint density at radius 3 is 2.27 bits per heavy atom. The van der Waals surface area contributed by atoms with Gasteiger partial charge < -0.3 is 14.8 Å². The van der Waals surface area contributed by atoms with Gasteiger partial charge in [-0.3, -0.25) is 14.4 Å². The molecule has 0 saturated heterocycles. The van der Waals surface area contributed by atoms with Crippen LogP contribution in [0.15, 0.2) is 11.6 Å². The lowest BCUT2D eigenvalue weighted by molar-refractivity contribution is -0.202. The minimum atomic E-state index is -0.636. The second-order valence-electron chi connectivity index (χ2n) is 17.1. The quantitative estimate of drug-likeness (QED) is 0.178. The van der Waals surface area contributed by atoms with Crippen LogP contribution in [-0.4, -0.2) is 36.6 Å². The predicted octanol–water partition coefficient (Wildman–Crippen LogP) is 8.18. The number of nitrogens with one attached hydrogen (secondary N) is 1. The molecule has 4 saturated carbocycles. The molecule has 0 aliphatic heterocycles. The topological polar surface area (TPSA) is 81.7 Å². The molecule has 5 aliphatic carbocycles. The van der Waals surface area contributed by atoms with E-state index in [-0.39, 0.29) is 46.1 Å². The predicted molar refractivity (Wildman–Crippen MR) is 173 cm³/mol. The number of methoxy groups -OCH3 is 1. The van der Waals surface area contributed by atoms with Crippen molar-refractivity contribution in [1.82, 2.24) is 5.32 Å². The van der Waals surface area contributed by atoms with Crippen LogP contribution < -0.4 is 5.32 Å². The number of ether oxygens (including phenoxy) is 2. The van der Waals surface area contributed by atoms with Gasteiger partial charge >= 0.3 is 11.9 Å². The van der Waals surface area contributed by atoms with Crippen LogP contribution in [0.1, 0.15) is 139 Å². The van der Waals surface area contributed by atoms with Crippen molar-refractivity contribution >= 4 is 17.8 Å². The van der Waals surface area contributed by atoms with Crippen LogP contribution in [0, 0.1) is 51.2 Å². The summed E-state index contributed by atoms with van der Waals surface area (Å²) in [4.78, 5) is 37.3. The van der Waals surface area contributed by atoms with Crippen molar-refractivity contribution in [2.45, 2.75) is 151 Å². The first-order valence-electron chi connectivity index (χ1n) is 17.8. The molecule has 0 aromatic carbocycles. The molecule has 5 aliphatic rings. The number of rotatable bonds is 7. The maximum atomic E-state index is 13.5. The molecule has 0 unspecified atom stereocenters. The van der Waals surface area contributed by atoms with Gasteiger partial charge in [-0.15, -0.1) is 0 Å². The molecule has 0 heterocycles. The normalized spacial score (nSPS) is 46.2. The zero-order valence-corrected chi connectivity index (χ0v) is 29.3.